The predicted octanol–water partition coefficient (Wildman–Crippen LogP) is 3.84. The van der Waals surface area contributed by atoms with E-state index in [1.54, 1.807) is 0 Å². The highest BCUT2D eigenvalue weighted by Crippen LogP contribution is 2.36. The number of rotatable bonds is 1. The van der Waals surface area contributed by atoms with Crippen LogP contribution in [-0.4, -0.2) is 4.98 Å². The number of nitrogens with two attached hydrogens (primary N) is 1. The molecule has 0 saturated carbocycles. The first-order valence-electron chi connectivity index (χ1n) is 6.68. The zero-order chi connectivity index (χ0) is 14.1. The third-order valence-corrected chi connectivity index (χ3v) is 4.22. The van der Waals surface area contributed by atoms with E-state index < -0.39 is 0 Å². The molecule has 0 unspecified atom stereocenters. The molecule has 20 heavy (non-hydrogen) atoms. The van der Waals surface area contributed by atoms with Crippen molar-refractivity contribution in [3.8, 4) is 17.2 Å². The zero-order valence-electron chi connectivity index (χ0n) is 11.0. The summed E-state index contributed by atoms with van der Waals surface area (Å²) in [6.45, 7) is 0. The van der Waals surface area contributed by atoms with Crippen LogP contribution in [0.2, 0.25) is 0 Å². The molecule has 1 heterocycles. The number of anilines is 1. The van der Waals surface area contributed by atoms with E-state index in [4.69, 9.17) is 5.73 Å². The molecule has 0 bridgehead atoms. The number of nitriles is 1. The predicted molar refractivity (Wildman–Crippen MR) is 83.1 cm³/mol. The van der Waals surface area contributed by atoms with Gasteiger partial charge in [-0.15, -0.1) is 0 Å². The van der Waals surface area contributed by atoms with Gasteiger partial charge in [-0.2, -0.15) is 5.26 Å². The lowest BCUT2D eigenvalue weighted by atomic mass is 9.87. The highest BCUT2D eigenvalue weighted by Gasteiger charge is 2.21. The van der Waals surface area contributed by atoms with E-state index >= 15 is 0 Å². The smallest absolute Gasteiger partial charge is 0.142 e. The van der Waals surface area contributed by atoms with Gasteiger partial charge in [-0.05, 0) is 48.9 Å². The maximum absolute atomic E-state index is 9.45. The number of benzene rings is 1. The monoisotopic (exact) mass is 327 g/mol. The average Bonchev–Trinajstić information content (AvgIpc) is 2.45. The van der Waals surface area contributed by atoms with Crippen LogP contribution in [0.4, 0.5) is 5.82 Å². The van der Waals surface area contributed by atoms with Gasteiger partial charge in [0.1, 0.15) is 17.5 Å². The Hall–Kier alpha value is -1.86. The minimum Gasteiger partial charge on any atom is -0.383 e. The summed E-state index contributed by atoms with van der Waals surface area (Å²) < 4.78 is 0.999. The summed E-state index contributed by atoms with van der Waals surface area (Å²) in [5.74, 6) is 0.350. The van der Waals surface area contributed by atoms with Crippen LogP contribution in [0.25, 0.3) is 11.1 Å². The Kier molecular flexibility index (Phi) is 3.45. The molecule has 0 spiro atoms. The van der Waals surface area contributed by atoms with Crippen molar-refractivity contribution in [2.75, 3.05) is 5.73 Å². The molecule has 2 aromatic rings. The SMILES string of the molecule is N#Cc1c(N)nc2c(c1-c1cccc(Br)c1)CCCC2. The Bertz CT molecular complexity index is 716. The molecule has 0 saturated heterocycles. The molecule has 3 rings (SSSR count). The Morgan fingerprint density at radius 2 is 2.05 bits per heavy atom. The van der Waals surface area contributed by atoms with Crippen LogP contribution < -0.4 is 5.73 Å². The lowest BCUT2D eigenvalue weighted by Gasteiger charge is -2.21. The molecule has 0 fully saturated rings. The molecule has 4 heteroatoms. The summed E-state index contributed by atoms with van der Waals surface area (Å²) in [6, 6.07) is 10.2. The summed E-state index contributed by atoms with van der Waals surface area (Å²) >= 11 is 3.49. The van der Waals surface area contributed by atoms with Crippen LogP contribution in [0.5, 0.6) is 0 Å². The van der Waals surface area contributed by atoms with Crippen molar-refractivity contribution in [1.82, 2.24) is 4.98 Å². The standard InChI is InChI=1S/C16H14BrN3/c17-11-5-3-4-10(8-11)15-12-6-1-2-7-14(12)20-16(19)13(15)9-18/h3-5,8H,1-2,6-7H2,(H2,19,20). The molecule has 0 atom stereocenters. The van der Waals surface area contributed by atoms with E-state index in [-0.39, 0.29) is 0 Å². The van der Waals surface area contributed by atoms with Crippen LogP contribution in [-0.2, 0) is 12.8 Å². The van der Waals surface area contributed by atoms with Crippen molar-refractivity contribution >= 4 is 21.7 Å². The first kappa shape index (κ1) is 13.1. The molecule has 1 aliphatic rings. The quantitative estimate of drug-likeness (QED) is 0.865. The van der Waals surface area contributed by atoms with Crippen molar-refractivity contribution in [2.45, 2.75) is 25.7 Å². The Balaban J connectivity index is 2.32. The summed E-state index contributed by atoms with van der Waals surface area (Å²) in [4.78, 5) is 4.44. The largest absolute Gasteiger partial charge is 0.383 e. The van der Waals surface area contributed by atoms with E-state index in [1.807, 2.05) is 24.3 Å². The molecule has 0 radical (unpaired) electrons. The van der Waals surface area contributed by atoms with Gasteiger partial charge in [0.05, 0.1) is 0 Å². The molecular weight excluding hydrogens is 314 g/mol. The molecule has 0 amide bonds. The van der Waals surface area contributed by atoms with Gasteiger partial charge in [0.25, 0.3) is 0 Å². The number of hydrogen-bond acceptors (Lipinski definition) is 3. The maximum Gasteiger partial charge on any atom is 0.142 e. The Morgan fingerprint density at radius 1 is 1.25 bits per heavy atom. The van der Waals surface area contributed by atoms with Gasteiger partial charge in [-0.1, -0.05) is 28.1 Å². The average molecular weight is 328 g/mol. The molecule has 1 aromatic carbocycles. The normalized spacial score (nSPS) is 13.6. The number of nitrogens with zero attached hydrogens (tertiary/aromatic N) is 2. The van der Waals surface area contributed by atoms with Gasteiger partial charge in [0.2, 0.25) is 0 Å². The Labute approximate surface area is 126 Å². The summed E-state index contributed by atoms with van der Waals surface area (Å²) in [7, 11) is 0. The fourth-order valence-corrected chi connectivity index (χ4v) is 3.24. The summed E-state index contributed by atoms with van der Waals surface area (Å²) in [5.41, 5.74) is 10.7. The molecule has 1 aromatic heterocycles. The topological polar surface area (TPSA) is 62.7 Å². The van der Waals surface area contributed by atoms with Crippen molar-refractivity contribution in [3.63, 3.8) is 0 Å². The van der Waals surface area contributed by atoms with Crippen LogP contribution in [0.15, 0.2) is 28.7 Å². The van der Waals surface area contributed by atoms with Crippen molar-refractivity contribution in [3.05, 3.63) is 45.6 Å². The number of hydrogen-bond donors (Lipinski definition) is 1. The highest BCUT2D eigenvalue weighted by atomic mass is 79.9. The lowest BCUT2D eigenvalue weighted by Crippen LogP contribution is -2.11. The van der Waals surface area contributed by atoms with Gasteiger partial charge in [-0.25, -0.2) is 4.98 Å². The van der Waals surface area contributed by atoms with E-state index in [9.17, 15) is 5.26 Å². The van der Waals surface area contributed by atoms with E-state index in [1.165, 1.54) is 5.56 Å². The maximum atomic E-state index is 9.45. The summed E-state index contributed by atoms with van der Waals surface area (Å²) in [6.07, 6.45) is 4.21. The van der Waals surface area contributed by atoms with Crippen molar-refractivity contribution in [1.29, 1.82) is 5.26 Å². The second-order valence-electron chi connectivity index (χ2n) is 5.00. The third kappa shape index (κ3) is 2.19. The lowest BCUT2D eigenvalue weighted by molar-refractivity contribution is 0.670. The Morgan fingerprint density at radius 3 is 2.80 bits per heavy atom. The fourth-order valence-electron chi connectivity index (χ4n) is 2.84. The second kappa shape index (κ2) is 5.26. The van der Waals surface area contributed by atoms with Gasteiger partial charge >= 0.3 is 0 Å². The van der Waals surface area contributed by atoms with Crippen molar-refractivity contribution < 1.29 is 0 Å². The van der Waals surface area contributed by atoms with E-state index in [0.717, 1.165) is 47.0 Å². The number of aryl methyl sites for hydroxylation is 1. The number of halogens is 1. The summed E-state index contributed by atoms with van der Waals surface area (Å²) in [5, 5.41) is 9.45. The molecule has 0 aliphatic heterocycles. The first-order chi connectivity index (χ1) is 9.70. The molecule has 1 aliphatic carbocycles. The van der Waals surface area contributed by atoms with Crippen LogP contribution in [0.3, 0.4) is 0 Å². The van der Waals surface area contributed by atoms with E-state index in [0.29, 0.717) is 11.4 Å². The van der Waals surface area contributed by atoms with Crippen LogP contribution in [0, 0.1) is 11.3 Å². The number of aromatic nitrogens is 1. The van der Waals surface area contributed by atoms with Gasteiger partial charge in [0, 0.05) is 15.7 Å². The van der Waals surface area contributed by atoms with E-state index in [2.05, 4.69) is 27.0 Å². The second-order valence-corrected chi connectivity index (χ2v) is 5.92. The fraction of sp³-hybridized carbons (Fsp3) is 0.250. The number of pyridine rings is 1. The molecule has 100 valence electrons. The van der Waals surface area contributed by atoms with Crippen LogP contribution in [0.1, 0.15) is 29.7 Å². The highest BCUT2D eigenvalue weighted by molar-refractivity contribution is 9.10. The molecule has 2 N–H and O–H groups in total. The van der Waals surface area contributed by atoms with Gasteiger partial charge < -0.3 is 5.73 Å². The van der Waals surface area contributed by atoms with Gasteiger partial charge in [0.15, 0.2) is 0 Å². The molecular formula is C16H14BrN3. The molecule has 3 nitrogen and oxygen atoms in total. The minimum atomic E-state index is 0.350. The number of fused-ring (bicyclic) bond motifs is 1. The minimum absolute atomic E-state index is 0.350. The zero-order valence-corrected chi connectivity index (χ0v) is 12.6. The number of nitrogen functional groups attached to an aromatic ring is 1. The van der Waals surface area contributed by atoms with Gasteiger partial charge in [-0.3, -0.25) is 0 Å². The third-order valence-electron chi connectivity index (χ3n) is 3.73. The van der Waals surface area contributed by atoms with Crippen molar-refractivity contribution in [2.24, 2.45) is 0 Å². The van der Waals surface area contributed by atoms with Crippen LogP contribution >= 0.6 is 15.9 Å². The first-order valence-corrected chi connectivity index (χ1v) is 7.47.